The van der Waals surface area contributed by atoms with Gasteiger partial charge in [0.15, 0.2) is 15.6 Å². The third-order valence-electron chi connectivity index (χ3n) is 3.46. The van der Waals surface area contributed by atoms with Gasteiger partial charge in [0.2, 0.25) is 0 Å². The molecule has 1 aliphatic heterocycles. The Morgan fingerprint density at radius 1 is 1.28 bits per heavy atom. The van der Waals surface area contributed by atoms with E-state index in [4.69, 9.17) is 0 Å². The van der Waals surface area contributed by atoms with Crippen LogP contribution >= 0.6 is 0 Å². The number of hydrogen-bond acceptors (Lipinski definition) is 3. The Hall–Kier alpha value is -1.62. The van der Waals surface area contributed by atoms with Gasteiger partial charge in [0.25, 0.3) is 0 Å². The summed E-state index contributed by atoms with van der Waals surface area (Å²) in [6.07, 6.45) is 2.12. The summed E-state index contributed by atoms with van der Waals surface area (Å²) in [5.41, 5.74) is 1.51. The van der Waals surface area contributed by atoms with Gasteiger partial charge < -0.3 is 4.98 Å². The van der Waals surface area contributed by atoms with Crippen LogP contribution in [-0.4, -0.2) is 30.7 Å². The van der Waals surface area contributed by atoms with E-state index in [1.165, 1.54) is 0 Å². The van der Waals surface area contributed by atoms with E-state index < -0.39 is 9.84 Å². The van der Waals surface area contributed by atoms with Crippen molar-refractivity contribution in [1.82, 2.24) is 4.98 Å². The Balaban J connectivity index is 1.98. The lowest BCUT2D eigenvalue weighted by molar-refractivity contribution is 0.0935. The predicted molar refractivity (Wildman–Crippen MR) is 69.4 cm³/mol. The molecule has 0 amide bonds. The zero-order valence-corrected chi connectivity index (χ0v) is 10.5. The zero-order chi connectivity index (χ0) is 12.8. The number of aromatic amines is 1. The molecule has 1 fully saturated rings. The molecule has 1 aromatic heterocycles. The first-order valence-electron chi connectivity index (χ1n) is 5.87. The third kappa shape index (κ3) is 1.84. The topological polar surface area (TPSA) is 67.0 Å². The molecule has 1 aromatic carbocycles. The number of hydrogen-bond donors (Lipinski definition) is 1. The molecule has 94 valence electrons. The summed E-state index contributed by atoms with van der Waals surface area (Å²) >= 11 is 0. The van der Waals surface area contributed by atoms with Gasteiger partial charge in [-0.1, -0.05) is 18.2 Å². The van der Waals surface area contributed by atoms with Crippen molar-refractivity contribution in [3.8, 4) is 0 Å². The van der Waals surface area contributed by atoms with E-state index in [0.717, 1.165) is 10.9 Å². The lowest BCUT2D eigenvalue weighted by atomic mass is 9.97. The van der Waals surface area contributed by atoms with Gasteiger partial charge in [0.1, 0.15) is 0 Å². The SMILES string of the molecule is O=C(c1c[nH]c2ccccc12)C1CCS(=O)(=O)C1. The van der Waals surface area contributed by atoms with E-state index in [2.05, 4.69) is 4.98 Å². The van der Waals surface area contributed by atoms with Crippen molar-refractivity contribution >= 4 is 26.5 Å². The number of sulfone groups is 1. The molecule has 1 saturated heterocycles. The summed E-state index contributed by atoms with van der Waals surface area (Å²) in [5, 5.41) is 0.867. The summed E-state index contributed by atoms with van der Waals surface area (Å²) in [4.78, 5) is 15.4. The van der Waals surface area contributed by atoms with E-state index in [-0.39, 0.29) is 23.2 Å². The number of aromatic nitrogens is 1. The number of H-pyrrole nitrogens is 1. The average molecular weight is 263 g/mol. The Kier molecular flexibility index (Phi) is 2.52. The highest BCUT2D eigenvalue weighted by atomic mass is 32.2. The molecule has 0 aliphatic carbocycles. The van der Waals surface area contributed by atoms with E-state index >= 15 is 0 Å². The molecule has 0 radical (unpaired) electrons. The normalized spacial score (nSPS) is 22.3. The van der Waals surface area contributed by atoms with Gasteiger partial charge >= 0.3 is 0 Å². The molecule has 1 aliphatic rings. The number of ketones is 1. The molecule has 3 rings (SSSR count). The molecular weight excluding hydrogens is 250 g/mol. The van der Waals surface area contributed by atoms with Crippen molar-refractivity contribution in [3.05, 3.63) is 36.0 Å². The first kappa shape index (κ1) is 11.5. The van der Waals surface area contributed by atoms with Gasteiger partial charge in [-0.15, -0.1) is 0 Å². The van der Waals surface area contributed by atoms with E-state index in [9.17, 15) is 13.2 Å². The standard InChI is InChI=1S/C13H13NO3S/c15-13(9-5-6-18(16,17)8-9)11-7-14-12-4-2-1-3-10(11)12/h1-4,7,9,14H,5-6,8H2. The molecule has 4 nitrogen and oxygen atoms in total. The van der Waals surface area contributed by atoms with Crippen LogP contribution in [0.2, 0.25) is 0 Å². The first-order valence-corrected chi connectivity index (χ1v) is 7.70. The molecule has 0 saturated carbocycles. The Bertz CT molecular complexity index is 715. The number of Topliss-reactive ketones (excluding diaryl/α,β-unsaturated/α-hetero) is 1. The monoisotopic (exact) mass is 263 g/mol. The second-order valence-corrected chi connectivity index (χ2v) is 6.94. The van der Waals surface area contributed by atoms with Crippen LogP contribution in [0.3, 0.4) is 0 Å². The largest absolute Gasteiger partial charge is 0.360 e. The maximum absolute atomic E-state index is 12.3. The lowest BCUT2D eigenvalue weighted by Gasteiger charge is -2.04. The predicted octanol–water partition coefficient (Wildman–Crippen LogP) is 1.79. The minimum absolute atomic E-state index is 0.00859. The molecule has 2 heterocycles. The smallest absolute Gasteiger partial charge is 0.169 e. The number of benzene rings is 1. The summed E-state index contributed by atoms with van der Waals surface area (Å²) < 4.78 is 22.8. The van der Waals surface area contributed by atoms with Crippen LogP contribution in [0.4, 0.5) is 0 Å². The minimum Gasteiger partial charge on any atom is -0.360 e. The van der Waals surface area contributed by atoms with Gasteiger partial charge in [0, 0.05) is 28.6 Å². The summed E-state index contributed by atoms with van der Waals surface area (Å²) in [7, 11) is -3.02. The van der Waals surface area contributed by atoms with E-state index in [1.807, 2.05) is 24.3 Å². The second kappa shape index (κ2) is 3.95. The summed E-state index contributed by atoms with van der Waals surface area (Å²) in [5.74, 6) is -0.320. The van der Waals surface area contributed by atoms with Crippen LogP contribution in [0.5, 0.6) is 0 Å². The zero-order valence-electron chi connectivity index (χ0n) is 9.72. The van der Waals surface area contributed by atoms with Gasteiger partial charge in [-0.05, 0) is 12.5 Å². The fourth-order valence-electron chi connectivity index (χ4n) is 2.50. The van der Waals surface area contributed by atoms with Crippen LogP contribution in [0, 0.1) is 5.92 Å². The highest BCUT2D eigenvalue weighted by molar-refractivity contribution is 7.91. The first-order chi connectivity index (χ1) is 8.57. The number of carbonyl (C=O) groups excluding carboxylic acids is 1. The fraction of sp³-hybridized carbons (Fsp3) is 0.308. The van der Waals surface area contributed by atoms with Crippen molar-refractivity contribution in [2.75, 3.05) is 11.5 Å². The van der Waals surface area contributed by atoms with Crippen molar-refractivity contribution in [2.24, 2.45) is 5.92 Å². The molecule has 1 atom stereocenters. The van der Waals surface area contributed by atoms with Gasteiger partial charge in [-0.25, -0.2) is 8.42 Å². The highest BCUT2D eigenvalue weighted by Crippen LogP contribution is 2.26. The van der Waals surface area contributed by atoms with Crippen molar-refractivity contribution in [2.45, 2.75) is 6.42 Å². The quantitative estimate of drug-likeness (QED) is 0.840. The Labute approximate surface area is 105 Å². The van der Waals surface area contributed by atoms with Crippen LogP contribution in [-0.2, 0) is 9.84 Å². The van der Waals surface area contributed by atoms with Crippen LogP contribution in [0.1, 0.15) is 16.8 Å². The number of nitrogens with one attached hydrogen (secondary N) is 1. The Morgan fingerprint density at radius 2 is 2.06 bits per heavy atom. The minimum atomic E-state index is -3.02. The van der Waals surface area contributed by atoms with Crippen LogP contribution < -0.4 is 0 Å². The number of carbonyl (C=O) groups is 1. The molecular formula is C13H13NO3S. The maximum Gasteiger partial charge on any atom is 0.169 e. The van der Waals surface area contributed by atoms with E-state index in [1.54, 1.807) is 6.20 Å². The molecule has 5 heteroatoms. The molecule has 1 N–H and O–H groups in total. The number of fused-ring (bicyclic) bond motifs is 1. The average Bonchev–Trinajstić information content (AvgIpc) is 2.91. The van der Waals surface area contributed by atoms with Gasteiger partial charge in [0.05, 0.1) is 11.5 Å². The molecule has 1 unspecified atom stereocenters. The molecule has 0 spiro atoms. The van der Waals surface area contributed by atoms with Crippen molar-refractivity contribution < 1.29 is 13.2 Å². The highest BCUT2D eigenvalue weighted by Gasteiger charge is 2.34. The summed E-state index contributed by atoms with van der Waals surface area (Å²) in [6, 6.07) is 7.55. The van der Waals surface area contributed by atoms with E-state index in [0.29, 0.717) is 12.0 Å². The third-order valence-corrected chi connectivity index (χ3v) is 5.23. The number of rotatable bonds is 2. The van der Waals surface area contributed by atoms with Gasteiger partial charge in [-0.2, -0.15) is 0 Å². The van der Waals surface area contributed by atoms with Crippen LogP contribution in [0.25, 0.3) is 10.9 Å². The second-order valence-electron chi connectivity index (χ2n) is 4.71. The summed E-state index contributed by atoms with van der Waals surface area (Å²) in [6.45, 7) is 0. The van der Waals surface area contributed by atoms with Crippen LogP contribution in [0.15, 0.2) is 30.5 Å². The molecule has 0 bridgehead atoms. The Morgan fingerprint density at radius 3 is 2.78 bits per heavy atom. The van der Waals surface area contributed by atoms with Crippen molar-refractivity contribution in [3.63, 3.8) is 0 Å². The van der Waals surface area contributed by atoms with Gasteiger partial charge in [-0.3, -0.25) is 4.79 Å². The maximum atomic E-state index is 12.3. The number of para-hydroxylation sites is 1. The molecule has 18 heavy (non-hydrogen) atoms. The van der Waals surface area contributed by atoms with Crippen molar-refractivity contribution in [1.29, 1.82) is 0 Å². The lowest BCUT2D eigenvalue weighted by Crippen LogP contribution is -2.15. The fourth-order valence-corrected chi connectivity index (χ4v) is 4.24. The molecule has 2 aromatic rings.